The van der Waals surface area contributed by atoms with Crippen molar-refractivity contribution in [1.82, 2.24) is 19.4 Å². The number of aryl methyl sites for hydroxylation is 1. The van der Waals surface area contributed by atoms with Crippen molar-refractivity contribution in [2.24, 2.45) is 0 Å². The molecule has 0 radical (unpaired) electrons. The second-order valence-electron chi connectivity index (χ2n) is 6.43. The van der Waals surface area contributed by atoms with Crippen LogP contribution in [0.5, 0.6) is 0 Å². The Hall–Kier alpha value is -2.54. The maximum Gasteiger partial charge on any atom is 0.289 e. The lowest BCUT2D eigenvalue weighted by molar-refractivity contribution is 0.0799. The summed E-state index contributed by atoms with van der Waals surface area (Å²) < 4.78 is 7.73. The van der Waals surface area contributed by atoms with E-state index in [9.17, 15) is 4.79 Å². The summed E-state index contributed by atoms with van der Waals surface area (Å²) in [4.78, 5) is 20.2. The number of hydrogen-bond acceptors (Lipinski definition) is 5. The van der Waals surface area contributed by atoms with Crippen molar-refractivity contribution in [2.45, 2.75) is 13.0 Å². The van der Waals surface area contributed by atoms with Crippen LogP contribution in [-0.4, -0.2) is 60.0 Å². The van der Waals surface area contributed by atoms with Crippen molar-refractivity contribution in [3.05, 3.63) is 24.0 Å². The number of amides is 1. The fourth-order valence-electron chi connectivity index (χ4n) is 2.85. The first-order chi connectivity index (χ1) is 11.4. The predicted molar refractivity (Wildman–Crippen MR) is 95.1 cm³/mol. The summed E-state index contributed by atoms with van der Waals surface area (Å²) in [6.07, 6.45) is 0.959. The average molecular weight is 329 g/mol. The standard InChI is InChI=1S/C17H23N5O2/c1-20(2)8-5-9-22-15-11-10-14(16(23)21(3)4)24-13(11)7-6-12(15)19-17(22)18/h6-7,10H,5,8-9H2,1-4H3,(H2,18,19). The van der Waals surface area contributed by atoms with Gasteiger partial charge in [0.05, 0.1) is 11.0 Å². The van der Waals surface area contributed by atoms with E-state index >= 15 is 0 Å². The van der Waals surface area contributed by atoms with Crippen molar-refractivity contribution in [3.63, 3.8) is 0 Å². The summed E-state index contributed by atoms with van der Waals surface area (Å²) in [5, 5.41) is 0.867. The minimum atomic E-state index is -0.161. The van der Waals surface area contributed by atoms with E-state index in [0.29, 0.717) is 17.3 Å². The number of carbonyl (C=O) groups excluding carboxylic acids is 1. The zero-order chi connectivity index (χ0) is 17.4. The number of imidazole rings is 1. The van der Waals surface area contributed by atoms with E-state index in [1.54, 1.807) is 20.2 Å². The molecule has 0 atom stereocenters. The fraction of sp³-hybridized carbons (Fsp3) is 0.412. The van der Waals surface area contributed by atoms with Crippen LogP contribution in [0.3, 0.4) is 0 Å². The Morgan fingerprint density at radius 3 is 2.71 bits per heavy atom. The molecule has 0 fully saturated rings. The van der Waals surface area contributed by atoms with Crippen LogP contribution in [0.15, 0.2) is 22.6 Å². The topological polar surface area (TPSA) is 80.5 Å². The zero-order valence-corrected chi connectivity index (χ0v) is 14.5. The molecule has 2 N–H and O–H groups in total. The van der Waals surface area contributed by atoms with Gasteiger partial charge >= 0.3 is 0 Å². The number of carbonyl (C=O) groups is 1. The molecule has 3 aromatic rings. The molecule has 2 heterocycles. The van der Waals surface area contributed by atoms with E-state index in [1.807, 2.05) is 30.8 Å². The third kappa shape index (κ3) is 2.82. The molecule has 7 heteroatoms. The van der Waals surface area contributed by atoms with Gasteiger partial charge in [0.2, 0.25) is 5.95 Å². The number of benzene rings is 1. The number of hydrogen-bond donors (Lipinski definition) is 1. The minimum Gasteiger partial charge on any atom is -0.451 e. The normalized spacial score (nSPS) is 11.7. The summed E-state index contributed by atoms with van der Waals surface area (Å²) in [5.41, 5.74) is 8.51. The molecule has 0 aliphatic rings. The van der Waals surface area contributed by atoms with Crippen LogP contribution >= 0.6 is 0 Å². The van der Waals surface area contributed by atoms with Crippen molar-refractivity contribution >= 4 is 33.9 Å². The third-order valence-corrected chi connectivity index (χ3v) is 4.04. The Balaban J connectivity index is 2.09. The molecule has 0 aliphatic heterocycles. The van der Waals surface area contributed by atoms with Crippen molar-refractivity contribution in [3.8, 4) is 0 Å². The van der Waals surface area contributed by atoms with Crippen molar-refractivity contribution < 1.29 is 9.21 Å². The number of fused-ring (bicyclic) bond motifs is 3. The van der Waals surface area contributed by atoms with Gasteiger partial charge < -0.3 is 24.5 Å². The summed E-state index contributed by atoms with van der Waals surface area (Å²) >= 11 is 0. The molecule has 0 aliphatic carbocycles. The van der Waals surface area contributed by atoms with Crippen LogP contribution in [0, 0.1) is 0 Å². The molecular formula is C17H23N5O2. The first-order valence-electron chi connectivity index (χ1n) is 7.93. The number of aromatic nitrogens is 2. The van der Waals surface area contributed by atoms with Crippen molar-refractivity contribution in [1.29, 1.82) is 0 Å². The number of rotatable bonds is 5. The molecule has 2 aromatic heterocycles. The van der Waals surface area contributed by atoms with E-state index in [2.05, 4.69) is 9.88 Å². The van der Waals surface area contributed by atoms with Gasteiger partial charge in [0.1, 0.15) is 5.58 Å². The lowest BCUT2D eigenvalue weighted by Gasteiger charge is -2.11. The molecule has 0 spiro atoms. The second kappa shape index (κ2) is 6.16. The van der Waals surface area contributed by atoms with Gasteiger partial charge in [-0.15, -0.1) is 0 Å². The number of nitrogens with zero attached hydrogens (tertiary/aromatic N) is 4. The van der Waals surface area contributed by atoms with Crippen LogP contribution in [0.25, 0.3) is 22.0 Å². The van der Waals surface area contributed by atoms with Crippen LogP contribution < -0.4 is 5.73 Å². The van der Waals surface area contributed by atoms with E-state index in [1.165, 1.54) is 4.90 Å². The highest BCUT2D eigenvalue weighted by Gasteiger charge is 2.18. The van der Waals surface area contributed by atoms with Gasteiger partial charge in [-0.25, -0.2) is 4.98 Å². The quantitative estimate of drug-likeness (QED) is 0.774. The summed E-state index contributed by atoms with van der Waals surface area (Å²) in [7, 11) is 7.49. The van der Waals surface area contributed by atoms with Crippen LogP contribution in [0.1, 0.15) is 17.0 Å². The smallest absolute Gasteiger partial charge is 0.289 e. The van der Waals surface area contributed by atoms with Crippen molar-refractivity contribution in [2.75, 3.05) is 40.5 Å². The molecule has 24 heavy (non-hydrogen) atoms. The molecule has 1 aromatic carbocycles. The maximum absolute atomic E-state index is 12.2. The molecule has 0 unspecified atom stereocenters. The highest BCUT2D eigenvalue weighted by atomic mass is 16.3. The van der Waals surface area contributed by atoms with E-state index in [0.717, 1.165) is 35.9 Å². The number of nitrogen functional groups attached to an aromatic ring is 1. The Morgan fingerprint density at radius 2 is 2.04 bits per heavy atom. The van der Waals surface area contributed by atoms with E-state index < -0.39 is 0 Å². The van der Waals surface area contributed by atoms with Gasteiger partial charge in [-0.3, -0.25) is 4.79 Å². The fourth-order valence-corrected chi connectivity index (χ4v) is 2.85. The van der Waals surface area contributed by atoms with Gasteiger partial charge in [0.25, 0.3) is 5.91 Å². The lowest BCUT2D eigenvalue weighted by Crippen LogP contribution is -2.20. The third-order valence-electron chi connectivity index (χ3n) is 4.04. The van der Waals surface area contributed by atoms with Gasteiger partial charge in [-0.2, -0.15) is 0 Å². The van der Waals surface area contributed by atoms with Gasteiger partial charge in [0.15, 0.2) is 5.76 Å². The first-order valence-corrected chi connectivity index (χ1v) is 7.93. The Bertz CT molecular complexity index is 891. The maximum atomic E-state index is 12.2. The second-order valence-corrected chi connectivity index (χ2v) is 6.43. The molecule has 3 rings (SSSR count). The zero-order valence-electron chi connectivity index (χ0n) is 14.5. The molecule has 7 nitrogen and oxygen atoms in total. The van der Waals surface area contributed by atoms with Crippen LogP contribution in [0.4, 0.5) is 5.95 Å². The Morgan fingerprint density at radius 1 is 1.29 bits per heavy atom. The minimum absolute atomic E-state index is 0.161. The van der Waals surface area contributed by atoms with E-state index in [-0.39, 0.29) is 5.91 Å². The van der Waals surface area contributed by atoms with Gasteiger partial charge in [-0.1, -0.05) is 0 Å². The number of nitrogens with two attached hydrogens (primary N) is 1. The van der Waals surface area contributed by atoms with Gasteiger partial charge in [0, 0.05) is 26.0 Å². The monoisotopic (exact) mass is 329 g/mol. The van der Waals surface area contributed by atoms with Crippen LogP contribution in [-0.2, 0) is 6.54 Å². The Labute approximate surface area is 140 Å². The van der Waals surface area contributed by atoms with Gasteiger partial charge in [-0.05, 0) is 45.3 Å². The van der Waals surface area contributed by atoms with Crippen LogP contribution in [0.2, 0.25) is 0 Å². The first kappa shape index (κ1) is 16.3. The summed E-state index contributed by atoms with van der Waals surface area (Å²) in [6.45, 7) is 1.73. The largest absolute Gasteiger partial charge is 0.451 e. The summed E-state index contributed by atoms with van der Waals surface area (Å²) in [6, 6.07) is 5.49. The number of furan rings is 1. The molecule has 1 amide bonds. The molecular weight excluding hydrogens is 306 g/mol. The highest BCUT2D eigenvalue weighted by Crippen LogP contribution is 2.30. The average Bonchev–Trinajstić information content (AvgIpc) is 3.07. The SMILES string of the molecule is CN(C)CCCn1c(N)nc2ccc3oc(C(=O)N(C)C)cc3c21. The molecule has 0 bridgehead atoms. The lowest BCUT2D eigenvalue weighted by atomic mass is 10.2. The number of anilines is 1. The molecule has 0 saturated carbocycles. The highest BCUT2D eigenvalue weighted by molar-refractivity contribution is 6.06. The molecule has 0 saturated heterocycles. The summed E-state index contributed by atoms with van der Waals surface area (Å²) in [5.74, 6) is 0.644. The predicted octanol–water partition coefficient (Wildman–Crippen LogP) is 2.02. The Kier molecular flexibility index (Phi) is 4.19. The van der Waals surface area contributed by atoms with E-state index in [4.69, 9.17) is 10.2 Å². The molecule has 128 valence electrons.